The van der Waals surface area contributed by atoms with Crippen molar-refractivity contribution in [3.05, 3.63) is 35.4 Å². The van der Waals surface area contributed by atoms with E-state index < -0.39 is 5.41 Å². The van der Waals surface area contributed by atoms with Gasteiger partial charge in [-0.3, -0.25) is 4.79 Å². The van der Waals surface area contributed by atoms with Crippen LogP contribution in [0.5, 0.6) is 0 Å². The minimum absolute atomic E-state index is 0.240. The molecule has 0 aromatic carbocycles. The zero-order chi connectivity index (χ0) is 12.2. The van der Waals surface area contributed by atoms with E-state index in [1.165, 1.54) is 0 Å². The van der Waals surface area contributed by atoms with Gasteiger partial charge in [-0.25, -0.2) is 0 Å². The highest BCUT2D eigenvalue weighted by molar-refractivity contribution is 9.11. The molecular formula is C13H14BrNO. The Morgan fingerprint density at radius 2 is 2.06 bits per heavy atom. The Balaban J connectivity index is 3.09. The summed E-state index contributed by atoms with van der Waals surface area (Å²) in [7, 11) is 0. The standard InChI is InChI=1S/C13H14BrNO/c1-3-4-12(10(2)14)13(9-15)7-5-11(16)6-8-13/h3-4H,1-2,5-8H2/b12-4+. The summed E-state index contributed by atoms with van der Waals surface area (Å²) in [5, 5.41) is 9.38. The van der Waals surface area contributed by atoms with Crippen LogP contribution >= 0.6 is 15.9 Å². The lowest BCUT2D eigenvalue weighted by molar-refractivity contribution is -0.121. The van der Waals surface area contributed by atoms with E-state index in [9.17, 15) is 10.1 Å². The first-order chi connectivity index (χ1) is 7.55. The van der Waals surface area contributed by atoms with E-state index in [4.69, 9.17) is 0 Å². The van der Waals surface area contributed by atoms with Gasteiger partial charge in [-0.05, 0) is 18.4 Å². The lowest BCUT2D eigenvalue weighted by Gasteiger charge is -2.32. The number of hydrogen-bond acceptors (Lipinski definition) is 2. The lowest BCUT2D eigenvalue weighted by Crippen LogP contribution is -2.28. The molecule has 0 bridgehead atoms. The van der Waals surface area contributed by atoms with Crippen LogP contribution in [0, 0.1) is 16.7 Å². The number of nitrogens with zero attached hydrogens (tertiary/aromatic N) is 1. The van der Waals surface area contributed by atoms with Crippen molar-refractivity contribution in [2.45, 2.75) is 25.7 Å². The average Bonchev–Trinajstić information content (AvgIpc) is 2.28. The van der Waals surface area contributed by atoms with Crippen LogP contribution in [0.25, 0.3) is 0 Å². The van der Waals surface area contributed by atoms with Crippen LogP contribution in [-0.2, 0) is 4.79 Å². The molecule has 84 valence electrons. The number of carbonyl (C=O) groups is 1. The average molecular weight is 280 g/mol. The van der Waals surface area contributed by atoms with Crippen molar-refractivity contribution in [1.29, 1.82) is 5.26 Å². The quantitative estimate of drug-likeness (QED) is 0.740. The van der Waals surface area contributed by atoms with Gasteiger partial charge in [0.25, 0.3) is 0 Å². The molecule has 3 heteroatoms. The van der Waals surface area contributed by atoms with Gasteiger partial charge in [0.15, 0.2) is 0 Å². The van der Waals surface area contributed by atoms with E-state index in [0.29, 0.717) is 30.2 Å². The minimum Gasteiger partial charge on any atom is -0.300 e. The predicted octanol–water partition coefficient (Wildman–Crippen LogP) is 3.66. The van der Waals surface area contributed by atoms with Crippen LogP contribution in [0.2, 0.25) is 0 Å². The first-order valence-corrected chi connectivity index (χ1v) is 5.96. The van der Waals surface area contributed by atoms with Crippen molar-refractivity contribution in [2.75, 3.05) is 0 Å². The van der Waals surface area contributed by atoms with E-state index in [1.807, 2.05) is 0 Å². The van der Waals surface area contributed by atoms with E-state index in [1.54, 1.807) is 12.2 Å². The summed E-state index contributed by atoms with van der Waals surface area (Å²) >= 11 is 3.32. The summed E-state index contributed by atoms with van der Waals surface area (Å²) in [6, 6.07) is 2.35. The molecule has 0 aromatic heterocycles. The Kier molecular flexibility index (Phi) is 4.26. The lowest BCUT2D eigenvalue weighted by atomic mass is 9.69. The molecule has 0 amide bonds. The molecular weight excluding hydrogens is 266 g/mol. The molecule has 1 aliphatic carbocycles. The molecule has 1 rings (SSSR count). The third-order valence-electron chi connectivity index (χ3n) is 2.97. The number of nitriles is 1. The molecule has 0 aromatic rings. The summed E-state index contributed by atoms with van der Waals surface area (Å²) in [4.78, 5) is 11.2. The summed E-state index contributed by atoms with van der Waals surface area (Å²) < 4.78 is 0.697. The third-order valence-corrected chi connectivity index (χ3v) is 3.39. The first kappa shape index (κ1) is 12.9. The third kappa shape index (κ3) is 2.51. The van der Waals surface area contributed by atoms with Gasteiger partial charge in [-0.1, -0.05) is 41.2 Å². The van der Waals surface area contributed by atoms with Gasteiger partial charge in [0.05, 0.1) is 11.5 Å². The molecule has 0 radical (unpaired) electrons. The van der Waals surface area contributed by atoms with Crippen LogP contribution in [0.15, 0.2) is 35.4 Å². The second-order valence-corrected chi connectivity index (χ2v) is 4.91. The fourth-order valence-corrected chi connectivity index (χ4v) is 2.54. The van der Waals surface area contributed by atoms with E-state index in [2.05, 4.69) is 35.2 Å². The highest BCUT2D eigenvalue weighted by Crippen LogP contribution is 2.44. The number of rotatable bonds is 3. The van der Waals surface area contributed by atoms with E-state index >= 15 is 0 Å². The summed E-state index contributed by atoms with van der Waals surface area (Å²) in [5.74, 6) is 0.240. The predicted molar refractivity (Wildman–Crippen MR) is 67.9 cm³/mol. The molecule has 16 heavy (non-hydrogen) atoms. The monoisotopic (exact) mass is 279 g/mol. The second-order valence-electron chi connectivity index (χ2n) is 3.95. The zero-order valence-corrected chi connectivity index (χ0v) is 10.7. The topological polar surface area (TPSA) is 40.9 Å². The second kappa shape index (κ2) is 5.27. The normalized spacial score (nSPS) is 20.0. The van der Waals surface area contributed by atoms with Crippen molar-refractivity contribution in [3.8, 4) is 6.07 Å². The number of Topliss-reactive ketones (excluding diaryl/α,β-unsaturated/α-hetero) is 1. The number of allylic oxidation sites excluding steroid dienone is 4. The Morgan fingerprint density at radius 3 is 2.44 bits per heavy atom. The zero-order valence-electron chi connectivity index (χ0n) is 9.13. The highest BCUT2D eigenvalue weighted by atomic mass is 79.9. The van der Waals surface area contributed by atoms with E-state index in [0.717, 1.165) is 5.57 Å². The van der Waals surface area contributed by atoms with Gasteiger partial charge in [-0.15, -0.1) is 0 Å². The molecule has 0 N–H and O–H groups in total. The Hall–Kier alpha value is -1.14. The highest BCUT2D eigenvalue weighted by Gasteiger charge is 2.38. The van der Waals surface area contributed by atoms with Gasteiger partial charge < -0.3 is 0 Å². The summed E-state index contributed by atoms with van der Waals surface area (Å²) in [6.07, 6.45) is 5.55. The molecule has 1 saturated carbocycles. The van der Waals surface area contributed by atoms with Crippen LogP contribution in [0.3, 0.4) is 0 Å². The van der Waals surface area contributed by atoms with Crippen molar-refractivity contribution in [3.63, 3.8) is 0 Å². The number of hydrogen-bond donors (Lipinski definition) is 0. The van der Waals surface area contributed by atoms with Crippen molar-refractivity contribution in [1.82, 2.24) is 0 Å². The van der Waals surface area contributed by atoms with Crippen molar-refractivity contribution < 1.29 is 4.79 Å². The van der Waals surface area contributed by atoms with Crippen molar-refractivity contribution in [2.24, 2.45) is 5.41 Å². The maximum Gasteiger partial charge on any atom is 0.133 e. The molecule has 0 spiro atoms. The molecule has 0 aliphatic heterocycles. The van der Waals surface area contributed by atoms with Crippen LogP contribution in [-0.4, -0.2) is 5.78 Å². The van der Waals surface area contributed by atoms with Crippen LogP contribution in [0.4, 0.5) is 0 Å². The van der Waals surface area contributed by atoms with Gasteiger partial charge in [0, 0.05) is 17.3 Å². The SMILES string of the molecule is C=C/C=C(\C(=C)Br)C1(C#N)CCC(=O)CC1. The molecule has 0 saturated heterocycles. The van der Waals surface area contributed by atoms with Crippen molar-refractivity contribution >= 4 is 21.7 Å². The fourth-order valence-electron chi connectivity index (χ4n) is 2.02. The number of carbonyl (C=O) groups excluding carboxylic acids is 1. The van der Waals surface area contributed by atoms with Crippen LogP contribution in [0.1, 0.15) is 25.7 Å². The smallest absolute Gasteiger partial charge is 0.133 e. The molecule has 0 atom stereocenters. The first-order valence-electron chi connectivity index (χ1n) is 5.16. The van der Waals surface area contributed by atoms with Gasteiger partial charge in [0.2, 0.25) is 0 Å². The van der Waals surface area contributed by atoms with Crippen LogP contribution < -0.4 is 0 Å². The Bertz CT molecular complexity index is 391. The summed E-state index contributed by atoms with van der Waals surface area (Å²) in [6.45, 7) is 7.47. The molecule has 2 nitrogen and oxygen atoms in total. The molecule has 1 fully saturated rings. The number of ketones is 1. The number of halogens is 1. The maximum atomic E-state index is 11.2. The maximum absolute atomic E-state index is 11.2. The largest absolute Gasteiger partial charge is 0.300 e. The Labute approximate surface area is 104 Å². The molecule has 0 heterocycles. The minimum atomic E-state index is -0.581. The van der Waals surface area contributed by atoms with Gasteiger partial charge in [-0.2, -0.15) is 5.26 Å². The van der Waals surface area contributed by atoms with Gasteiger partial charge >= 0.3 is 0 Å². The van der Waals surface area contributed by atoms with E-state index in [-0.39, 0.29) is 5.78 Å². The Morgan fingerprint density at radius 1 is 1.50 bits per heavy atom. The molecule has 0 unspecified atom stereocenters. The summed E-state index contributed by atoms with van der Waals surface area (Å²) in [5.41, 5.74) is 0.264. The van der Waals surface area contributed by atoms with Gasteiger partial charge in [0.1, 0.15) is 5.78 Å². The molecule has 1 aliphatic rings. The fraction of sp³-hybridized carbons (Fsp3) is 0.385.